The number of ether oxygens (including phenoxy) is 1. The molecule has 0 saturated heterocycles. The molecule has 0 saturated carbocycles. The molecular weight excluding hydrogens is 358 g/mol. The van der Waals surface area contributed by atoms with Gasteiger partial charge >= 0.3 is 5.97 Å². The number of anilines is 1. The summed E-state index contributed by atoms with van der Waals surface area (Å²) in [5, 5.41) is 5.85. The zero-order chi connectivity index (χ0) is 20.0. The number of aromatic nitrogens is 2. The van der Waals surface area contributed by atoms with E-state index in [1.165, 1.54) is 7.11 Å². The Morgan fingerprint density at radius 3 is 2.52 bits per heavy atom. The number of benzene rings is 1. The monoisotopic (exact) mass is 380 g/mol. The van der Waals surface area contributed by atoms with Crippen molar-refractivity contribution in [2.24, 2.45) is 5.92 Å². The molecule has 0 radical (unpaired) electrons. The van der Waals surface area contributed by atoms with Gasteiger partial charge in [-0.3, -0.25) is 4.79 Å². The molecule has 1 heterocycles. The zero-order valence-corrected chi connectivity index (χ0v) is 15.3. The van der Waals surface area contributed by atoms with Crippen LogP contribution in [0.2, 0.25) is 0 Å². The Kier molecular flexibility index (Phi) is 6.98. The number of hydrogen-bond acceptors (Lipinski definition) is 6. The first-order chi connectivity index (χ1) is 12.8. The highest BCUT2D eigenvalue weighted by atomic mass is 19.3. The fraction of sp³-hybridized carbons (Fsp3) is 0.444. The summed E-state index contributed by atoms with van der Waals surface area (Å²) in [6, 6.07) is 5.87. The average Bonchev–Trinajstić information content (AvgIpc) is 2.64. The summed E-state index contributed by atoms with van der Waals surface area (Å²) in [5.74, 6) is -1.34. The third-order valence-corrected chi connectivity index (χ3v) is 3.76. The highest BCUT2D eigenvalue weighted by molar-refractivity contribution is 5.92. The number of rotatable bonds is 8. The fourth-order valence-electron chi connectivity index (χ4n) is 2.56. The fourth-order valence-corrected chi connectivity index (χ4v) is 2.56. The van der Waals surface area contributed by atoms with E-state index in [0.717, 1.165) is 0 Å². The third-order valence-electron chi connectivity index (χ3n) is 3.76. The van der Waals surface area contributed by atoms with E-state index in [-0.39, 0.29) is 18.3 Å². The lowest BCUT2D eigenvalue weighted by Gasteiger charge is -2.18. The van der Waals surface area contributed by atoms with Crippen molar-refractivity contribution < 1.29 is 23.1 Å². The van der Waals surface area contributed by atoms with Crippen LogP contribution in [0.15, 0.2) is 24.3 Å². The molecule has 2 N–H and O–H groups in total. The summed E-state index contributed by atoms with van der Waals surface area (Å²) >= 11 is 0. The van der Waals surface area contributed by atoms with Gasteiger partial charge in [-0.05, 0) is 24.5 Å². The Balaban J connectivity index is 2.13. The smallest absolute Gasteiger partial charge is 0.328 e. The van der Waals surface area contributed by atoms with E-state index in [4.69, 9.17) is 4.74 Å². The average molecular weight is 380 g/mol. The summed E-state index contributed by atoms with van der Waals surface area (Å²) < 4.78 is 30.7. The Bertz CT molecular complexity index is 814. The highest BCUT2D eigenvalue weighted by Gasteiger charge is 2.23. The molecule has 7 nitrogen and oxygen atoms in total. The van der Waals surface area contributed by atoms with Gasteiger partial charge in [0.05, 0.1) is 19.2 Å². The molecule has 0 aliphatic heterocycles. The molecule has 2 aromatic rings. The molecule has 146 valence electrons. The molecule has 9 heteroatoms. The normalized spacial score (nSPS) is 12.3. The van der Waals surface area contributed by atoms with Crippen molar-refractivity contribution >= 4 is 28.6 Å². The van der Waals surface area contributed by atoms with Gasteiger partial charge in [-0.2, -0.15) is 0 Å². The van der Waals surface area contributed by atoms with E-state index in [0.29, 0.717) is 17.3 Å². The molecular formula is C18H22F2N4O3. The van der Waals surface area contributed by atoms with Crippen molar-refractivity contribution in [3.63, 3.8) is 0 Å². The van der Waals surface area contributed by atoms with Crippen molar-refractivity contribution in [1.29, 1.82) is 0 Å². The number of carbonyl (C=O) groups excluding carboxylic acids is 2. The third kappa shape index (κ3) is 5.57. The quantitative estimate of drug-likeness (QED) is 0.684. The number of halogens is 2. The summed E-state index contributed by atoms with van der Waals surface area (Å²) in [4.78, 5) is 31.6. The predicted molar refractivity (Wildman–Crippen MR) is 96.4 cm³/mol. The van der Waals surface area contributed by atoms with Crippen LogP contribution in [0, 0.1) is 5.92 Å². The molecule has 2 rings (SSSR count). The molecule has 1 aromatic heterocycles. The number of methoxy groups -OCH3 is 1. The molecule has 0 spiro atoms. The Hall–Kier alpha value is -2.84. The summed E-state index contributed by atoms with van der Waals surface area (Å²) in [6.45, 7) is 3.59. The Labute approximate surface area is 155 Å². The second-order valence-electron chi connectivity index (χ2n) is 6.37. The predicted octanol–water partition coefficient (Wildman–Crippen LogP) is 2.68. The number of nitrogens with one attached hydrogen (secondary N) is 2. The molecule has 1 aromatic carbocycles. The maximum absolute atomic E-state index is 13.0. The van der Waals surface area contributed by atoms with Crippen LogP contribution >= 0.6 is 0 Å². The van der Waals surface area contributed by atoms with E-state index >= 15 is 0 Å². The lowest BCUT2D eigenvalue weighted by atomic mass is 10.0. The Morgan fingerprint density at radius 2 is 1.89 bits per heavy atom. The topological polar surface area (TPSA) is 93.2 Å². The van der Waals surface area contributed by atoms with Crippen LogP contribution in [-0.4, -0.2) is 41.5 Å². The maximum atomic E-state index is 13.0. The van der Waals surface area contributed by atoms with E-state index in [1.807, 2.05) is 13.8 Å². The number of esters is 1. The summed E-state index contributed by atoms with van der Waals surface area (Å²) in [7, 11) is 1.25. The van der Waals surface area contributed by atoms with Crippen molar-refractivity contribution in [2.75, 3.05) is 19.0 Å². The molecule has 0 unspecified atom stereocenters. The van der Waals surface area contributed by atoms with Gasteiger partial charge < -0.3 is 15.4 Å². The second-order valence-corrected chi connectivity index (χ2v) is 6.37. The SMILES string of the molecule is COC(=O)[C@H](CC(C)C)NC(=O)CNc1nc(C(F)F)nc2ccccc12. The molecule has 1 atom stereocenters. The van der Waals surface area contributed by atoms with Crippen molar-refractivity contribution in [3.05, 3.63) is 30.1 Å². The number of nitrogens with zero attached hydrogens (tertiary/aromatic N) is 2. The lowest BCUT2D eigenvalue weighted by Crippen LogP contribution is -2.44. The highest BCUT2D eigenvalue weighted by Crippen LogP contribution is 2.24. The standard InChI is InChI=1S/C18H22F2N4O3/c1-10(2)8-13(18(26)27-3)22-14(25)9-21-16-11-6-4-5-7-12(11)23-17(24-16)15(19)20/h4-7,10,13,15H,8-9H2,1-3H3,(H,22,25)(H,21,23,24)/t13-/m0/s1. The largest absolute Gasteiger partial charge is 0.467 e. The maximum Gasteiger partial charge on any atom is 0.328 e. The van der Waals surface area contributed by atoms with Gasteiger partial charge in [0.15, 0.2) is 5.82 Å². The van der Waals surface area contributed by atoms with Crippen molar-refractivity contribution in [2.45, 2.75) is 32.7 Å². The number of amides is 1. The number of fused-ring (bicyclic) bond motifs is 1. The minimum atomic E-state index is -2.83. The van der Waals surface area contributed by atoms with Crippen molar-refractivity contribution in [1.82, 2.24) is 15.3 Å². The molecule has 0 bridgehead atoms. The van der Waals surface area contributed by atoms with Gasteiger partial charge in [0, 0.05) is 5.39 Å². The van der Waals surface area contributed by atoms with Gasteiger partial charge in [0.1, 0.15) is 11.9 Å². The van der Waals surface area contributed by atoms with Crippen LogP contribution in [0.1, 0.15) is 32.5 Å². The van der Waals surface area contributed by atoms with Crippen LogP contribution < -0.4 is 10.6 Å². The van der Waals surface area contributed by atoms with Crippen LogP contribution in [0.5, 0.6) is 0 Å². The molecule has 1 amide bonds. The lowest BCUT2D eigenvalue weighted by molar-refractivity contribution is -0.145. The van der Waals surface area contributed by atoms with Crippen LogP contribution in [-0.2, 0) is 14.3 Å². The van der Waals surface area contributed by atoms with Gasteiger partial charge in [-0.1, -0.05) is 26.0 Å². The summed E-state index contributed by atoms with van der Waals surface area (Å²) in [6.07, 6.45) is -2.41. The van der Waals surface area contributed by atoms with E-state index in [9.17, 15) is 18.4 Å². The first-order valence-electron chi connectivity index (χ1n) is 8.47. The van der Waals surface area contributed by atoms with Crippen LogP contribution in [0.4, 0.5) is 14.6 Å². The number of hydrogen-bond donors (Lipinski definition) is 2. The molecule has 0 aliphatic rings. The minimum Gasteiger partial charge on any atom is -0.467 e. The molecule has 0 fully saturated rings. The number of para-hydroxylation sites is 1. The van der Waals surface area contributed by atoms with Crippen LogP contribution in [0.3, 0.4) is 0 Å². The first kappa shape index (κ1) is 20.5. The van der Waals surface area contributed by atoms with Gasteiger partial charge in [-0.25, -0.2) is 23.5 Å². The Morgan fingerprint density at radius 1 is 1.19 bits per heavy atom. The van der Waals surface area contributed by atoms with Gasteiger partial charge in [0.2, 0.25) is 5.91 Å². The second kappa shape index (κ2) is 9.20. The minimum absolute atomic E-state index is 0.129. The molecule has 0 aliphatic carbocycles. The zero-order valence-electron chi connectivity index (χ0n) is 15.3. The van der Waals surface area contributed by atoms with Gasteiger partial charge in [0.25, 0.3) is 6.43 Å². The van der Waals surface area contributed by atoms with E-state index < -0.39 is 30.2 Å². The number of carbonyl (C=O) groups is 2. The van der Waals surface area contributed by atoms with Gasteiger partial charge in [-0.15, -0.1) is 0 Å². The molecule has 27 heavy (non-hydrogen) atoms. The summed E-state index contributed by atoms with van der Waals surface area (Å²) in [5.41, 5.74) is 0.345. The van der Waals surface area contributed by atoms with E-state index in [2.05, 4.69) is 20.6 Å². The first-order valence-corrected chi connectivity index (χ1v) is 8.47. The van der Waals surface area contributed by atoms with E-state index in [1.54, 1.807) is 24.3 Å². The van der Waals surface area contributed by atoms with Crippen molar-refractivity contribution in [3.8, 4) is 0 Å². The number of alkyl halides is 2. The van der Waals surface area contributed by atoms with Crippen LogP contribution in [0.25, 0.3) is 10.9 Å².